The monoisotopic (exact) mass is 539 g/mol. The molecule has 2 aromatic rings. The van der Waals surface area contributed by atoms with Gasteiger partial charge in [0.15, 0.2) is 5.96 Å². The van der Waals surface area contributed by atoms with Crippen LogP contribution in [0, 0.1) is 28.6 Å². The molecule has 3 heterocycles. The third-order valence-corrected chi connectivity index (χ3v) is 9.84. The number of nitrogens with one attached hydrogen (secondary N) is 1. The summed E-state index contributed by atoms with van der Waals surface area (Å²) in [6, 6.07) is 8.18. The number of amides is 1. The number of guanidine groups is 1. The Labute approximate surface area is 230 Å². The number of carbonyl (C=O) groups excluding carboxylic acids is 1. The van der Waals surface area contributed by atoms with Crippen molar-refractivity contribution in [2.45, 2.75) is 57.4 Å². The van der Waals surface area contributed by atoms with Gasteiger partial charge >= 0.3 is 0 Å². The van der Waals surface area contributed by atoms with Crippen molar-refractivity contribution < 1.29 is 9.32 Å². The van der Waals surface area contributed by atoms with Crippen LogP contribution in [0.3, 0.4) is 0 Å². The molecule has 1 atom stereocenters. The van der Waals surface area contributed by atoms with Gasteiger partial charge < -0.3 is 25.0 Å². The van der Waals surface area contributed by atoms with Crippen LogP contribution in [0.5, 0.6) is 0 Å². The lowest BCUT2D eigenvalue weighted by Gasteiger charge is -2.57. The molecule has 204 valence electrons. The van der Waals surface area contributed by atoms with Crippen molar-refractivity contribution >= 4 is 30.0 Å². The van der Waals surface area contributed by atoms with E-state index in [2.05, 4.69) is 32.1 Å². The molecule has 38 heavy (non-hydrogen) atoms. The Hall–Kier alpha value is -2.81. The van der Waals surface area contributed by atoms with Crippen molar-refractivity contribution in [1.82, 2.24) is 19.9 Å². The van der Waals surface area contributed by atoms with Gasteiger partial charge in [-0.1, -0.05) is 5.16 Å². The van der Waals surface area contributed by atoms with E-state index in [0.717, 1.165) is 93.8 Å². The molecule has 2 aliphatic heterocycles. The number of hydrogen-bond donors (Lipinski definition) is 2. The first-order valence-corrected chi connectivity index (χ1v) is 14.1. The first kappa shape index (κ1) is 25.5. The Morgan fingerprint density at radius 3 is 2.21 bits per heavy atom. The van der Waals surface area contributed by atoms with Gasteiger partial charge in [0, 0.05) is 44.0 Å². The molecule has 1 aromatic heterocycles. The van der Waals surface area contributed by atoms with E-state index < -0.39 is 0 Å². The summed E-state index contributed by atoms with van der Waals surface area (Å²) in [6.45, 7) is 4.10. The van der Waals surface area contributed by atoms with E-state index in [1.165, 1.54) is 19.3 Å². The van der Waals surface area contributed by atoms with Crippen molar-refractivity contribution in [2.24, 2.45) is 28.9 Å². The van der Waals surface area contributed by atoms with Gasteiger partial charge in [-0.3, -0.25) is 10.2 Å². The number of aromatic nitrogens is 2. The molecule has 4 aliphatic carbocycles. The molecular formula is C28H38ClN7O2. The van der Waals surface area contributed by atoms with E-state index in [0.29, 0.717) is 17.6 Å². The molecule has 4 saturated carbocycles. The average molecular weight is 540 g/mol. The molecule has 1 amide bonds. The smallest absolute Gasteiger partial charge is 0.249 e. The molecule has 6 aliphatic rings. The van der Waals surface area contributed by atoms with Crippen LogP contribution in [0.2, 0.25) is 0 Å². The fraction of sp³-hybridized carbons (Fsp3) is 0.643. The summed E-state index contributed by atoms with van der Waals surface area (Å²) in [5.74, 6) is 3.99. The highest BCUT2D eigenvalue weighted by Gasteiger charge is 2.55. The minimum atomic E-state index is -0.115. The highest BCUT2D eigenvalue weighted by atomic mass is 35.5. The van der Waals surface area contributed by atoms with Gasteiger partial charge in [0.05, 0.1) is 5.41 Å². The van der Waals surface area contributed by atoms with E-state index >= 15 is 0 Å². The standard InChI is InChI=1S/C28H37N7O2.ClH/c29-27(30)35-7-1-2-23(35)25-31-24(32-37-25)21-3-5-22(6-4-21)33-8-10-34(11-9-33)26(36)28-15-18-12-19(16-28)14-20(13-18)17-28;/h3-6,18-20,23H,1-2,7-17H2,(H3,29,30);1H/t18?,19?,20?,23-,28?;/m0./s1. The first-order valence-electron chi connectivity index (χ1n) is 14.1. The lowest BCUT2D eigenvalue weighted by Crippen LogP contribution is -2.58. The molecule has 3 N–H and O–H groups in total. The van der Waals surface area contributed by atoms with E-state index in [-0.39, 0.29) is 29.8 Å². The van der Waals surface area contributed by atoms with Crippen molar-refractivity contribution in [3.63, 3.8) is 0 Å². The predicted molar refractivity (Wildman–Crippen MR) is 147 cm³/mol. The fourth-order valence-electron chi connectivity index (χ4n) is 8.50. The Balaban J connectivity index is 0.00000264. The largest absolute Gasteiger partial charge is 0.370 e. The Morgan fingerprint density at radius 1 is 0.974 bits per heavy atom. The topological polar surface area (TPSA) is 116 Å². The number of halogens is 1. The second kappa shape index (κ2) is 9.74. The SMILES string of the molecule is Cl.N=C(N)N1CCC[C@H]1c1nc(-c2ccc(N3CCN(C(=O)C45CC6CC(CC(C6)C4)C5)CC3)cc2)no1. The number of benzene rings is 1. The second-order valence-electron chi connectivity index (χ2n) is 12.2. The number of piperazine rings is 1. The lowest BCUT2D eigenvalue weighted by molar-refractivity contribution is -0.158. The van der Waals surface area contributed by atoms with Crippen LogP contribution in [-0.4, -0.2) is 64.5 Å². The summed E-state index contributed by atoms with van der Waals surface area (Å²) < 4.78 is 5.55. The zero-order chi connectivity index (χ0) is 25.1. The summed E-state index contributed by atoms with van der Waals surface area (Å²) in [5.41, 5.74) is 7.74. The van der Waals surface area contributed by atoms with Crippen molar-refractivity contribution in [3.8, 4) is 11.4 Å². The number of likely N-dealkylation sites (tertiary alicyclic amines) is 1. The average Bonchev–Trinajstić information content (AvgIpc) is 3.58. The van der Waals surface area contributed by atoms with Gasteiger partial charge in [0.25, 0.3) is 0 Å². The van der Waals surface area contributed by atoms with Crippen LogP contribution in [0.1, 0.15) is 63.3 Å². The number of nitrogens with two attached hydrogens (primary N) is 1. The molecule has 2 saturated heterocycles. The molecule has 6 fully saturated rings. The third kappa shape index (κ3) is 4.32. The van der Waals surface area contributed by atoms with Crippen molar-refractivity contribution in [3.05, 3.63) is 30.2 Å². The quantitative estimate of drug-likeness (QED) is 0.444. The predicted octanol–water partition coefficient (Wildman–Crippen LogP) is 4.05. The number of anilines is 1. The van der Waals surface area contributed by atoms with E-state index in [1.54, 1.807) is 0 Å². The van der Waals surface area contributed by atoms with Gasteiger partial charge in [0.1, 0.15) is 6.04 Å². The van der Waals surface area contributed by atoms with Crippen LogP contribution >= 0.6 is 12.4 Å². The number of nitrogens with zero attached hydrogens (tertiary/aromatic N) is 5. The Kier molecular flexibility index (Phi) is 6.53. The Bertz CT molecular complexity index is 1150. The fourth-order valence-corrected chi connectivity index (χ4v) is 8.50. The summed E-state index contributed by atoms with van der Waals surface area (Å²) in [4.78, 5) is 24.7. The Morgan fingerprint density at radius 2 is 1.61 bits per heavy atom. The van der Waals surface area contributed by atoms with Gasteiger partial charge in [-0.2, -0.15) is 4.98 Å². The third-order valence-electron chi connectivity index (χ3n) is 9.84. The van der Waals surface area contributed by atoms with Gasteiger partial charge in [-0.05, 0) is 93.4 Å². The molecule has 0 unspecified atom stereocenters. The maximum absolute atomic E-state index is 13.7. The number of hydrogen-bond acceptors (Lipinski definition) is 6. The van der Waals surface area contributed by atoms with Crippen molar-refractivity contribution in [2.75, 3.05) is 37.6 Å². The van der Waals surface area contributed by atoms with Crippen LogP contribution in [0.25, 0.3) is 11.4 Å². The highest BCUT2D eigenvalue weighted by Crippen LogP contribution is 2.60. The summed E-state index contributed by atoms with van der Waals surface area (Å²) in [6.07, 6.45) is 9.37. The zero-order valence-electron chi connectivity index (χ0n) is 21.8. The molecular weight excluding hydrogens is 502 g/mol. The van der Waals surface area contributed by atoms with Crippen LogP contribution in [-0.2, 0) is 4.79 Å². The first-order chi connectivity index (χ1) is 18.0. The van der Waals surface area contributed by atoms with Crippen LogP contribution < -0.4 is 10.6 Å². The molecule has 10 heteroatoms. The van der Waals surface area contributed by atoms with Crippen LogP contribution in [0.15, 0.2) is 28.8 Å². The van der Waals surface area contributed by atoms with Gasteiger partial charge in [0.2, 0.25) is 17.6 Å². The zero-order valence-corrected chi connectivity index (χ0v) is 22.7. The summed E-state index contributed by atoms with van der Waals surface area (Å²) >= 11 is 0. The normalized spacial score (nSPS) is 31.9. The van der Waals surface area contributed by atoms with E-state index in [1.807, 2.05) is 17.0 Å². The minimum absolute atomic E-state index is 0. The molecule has 0 radical (unpaired) electrons. The van der Waals surface area contributed by atoms with E-state index in [9.17, 15) is 4.79 Å². The molecule has 1 aromatic carbocycles. The van der Waals surface area contributed by atoms with Crippen LogP contribution in [0.4, 0.5) is 5.69 Å². The van der Waals surface area contributed by atoms with Gasteiger partial charge in [-0.25, -0.2) is 0 Å². The minimum Gasteiger partial charge on any atom is -0.370 e. The molecule has 9 nitrogen and oxygen atoms in total. The summed E-state index contributed by atoms with van der Waals surface area (Å²) in [5, 5.41) is 12.0. The van der Waals surface area contributed by atoms with Gasteiger partial charge in [-0.15, -0.1) is 12.4 Å². The maximum atomic E-state index is 13.7. The number of rotatable bonds is 4. The number of carbonyl (C=O) groups is 1. The van der Waals surface area contributed by atoms with Crippen molar-refractivity contribution in [1.29, 1.82) is 5.41 Å². The molecule has 4 bridgehead atoms. The highest BCUT2D eigenvalue weighted by molar-refractivity contribution is 5.85. The lowest BCUT2D eigenvalue weighted by atomic mass is 9.49. The molecule has 8 rings (SSSR count). The maximum Gasteiger partial charge on any atom is 0.249 e. The molecule has 0 spiro atoms. The second-order valence-corrected chi connectivity index (χ2v) is 12.2. The van der Waals surface area contributed by atoms with E-state index in [4.69, 9.17) is 15.7 Å². The summed E-state index contributed by atoms with van der Waals surface area (Å²) in [7, 11) is 0.